The highest BCUT2D eigenvalue weighted by Gasteiger charge is 2.18. The fourth-order valence-corrected chi connectivity index (χ4v) is 4.83. The Balaban J connectivity index is 1.56. The Morgan fingerprint density at radius 1 is 1.03 bits per heavy atom. The smallest absolute Gasteiger partial charge is 0.255 e. The average molecular weight is 524 g/mol. The predicted octanol–water partition coefficient (Wildman–Crippen LogP) is 1.82. The first kappa shape index (κ1) is 27.9. The van der Waals surface area contributed by atoms with Gasteiger partial charge in [0.2, 0.25) is 10.0 Å². The standard InChI is InChI=1S/C25H29BN4O6S/c1-18(29-37(34,35)22-8-4-2-5-9-22)17-28-24(32)19-14-20-16-21(10-12-30(20)23(31)15-19)36-13-7-3-6-11-27-25(26)33/h2,4-5,8-10,12,14-16,18,29H,3,6-7,11,13,17H2,1H3,(H,27,33)(H,28,32). The Labute approximate surface area is 216 Å². The summed E-state index contributed by atoms with van der Waals surface area (Å²) in [4.78, 5) is 36.0. The first-order valence-corrected chi connectivity index (χ1v) is 13.3. The molecule has 1 atom stereocenters. The van der Waals surface area contributed by atoms with Crippen molar-refractivity contribution in [2.24, 2.45) is 0 Å². The van der Waals surface area contributed by atoms with Gasteiger partial charge in [-0.2, -0.15) is 0 Å². The molecule has 0 spiro atoms. The largest absolute Gasteiger partial charge is 0.493 e. The zero-order valence-corrected chi connectivity index (χ0v) is 21.3. The molecule has 37 heavy (non-hydrogen) atoms. The van der Waals surface area contributed by atoms with Gasteiger partial charge in [-0.3, -0.25) is 18.8 Å². The van der Waals surface area contributed by atoms with Crippen LogP contribution in [-0.2, 0) is 10.0 Å². The third-order valence-electron chi connectivity index (χ3n) is 5.41. The zero-order valence-electron chi connectivity index (χ0n) is 20.5. The van der Waals surface area contributed by atoms with Gasteiger partial charge in [-0.05, 0) is 50.5 Å². The number of fused-ring (bicyclic) bond motifs is 1. The molecule has 0 bridgehead atoms. The van der Waals surface area contributed by atoms with Crippen LogP contribution in [-0.4, -0.2) is 58.1 Å². The number of nitrogens with zero attached hydrogens (tertiary/aromatic N) is 1. The molecule has 3 aromatic rings. The van der Waals surface area contributed by atoms with Gasteiger partial charge in [0.05, 0.1) is 17.0 Å². The van der Waals surface area contributed by atoms with Gasteiger partial charge < -0.3 is 15.4 Å². The molecule has 3 rings (SSSR count). The van der Waals surface area contributed by atoms with E-state index in [1.165, 1.54) is 22.6 Å². The molecule has 0 aliphatic heterocycles. The van der Waals surface area contributed by atoms with Gasteiger partial charge in [0, 0.05) is 43.0 Å². The number of hydrogen-bond donors (Lipinski definition) is 3. The number of benzene rings is 1. The lowest BCUT2D eigenvalue weighted by molar-refractivity contribution is 0.0951. The summed E-state index contributed by atoms with van der Waals surface area (Å²) in [5, 5.41) is 5.19. The molecule has 2 heterocycles. The maximum Gasteiger partial charge on any atom is 0.255 e. The van der Waals surface area contributed by atoms with Crippen LogP contribution in [0.3, 0.4) is 0 Å². The van der Waals surface area contributed by atoms with Crippen LogP contribution in [0.25, 0.3) is 5.52 Å². The second kappa shape index (κ2) is 13.1. The normalized spacial score (nSPS) is 12.1. The Bertz CT molecular complexity index is 1400. The monoisotopic (exact) mass is 524 g/mol. The molecule has 0 fully saturated rings. The molecule has 3 N–H and O–H groups in total. The fraction of sp³-hybridized carbons (Fsp3) is 0.320. The minimum atomic E-state index is -3.72. The van der Waals surface area contributed by atoms with E-state index < -0.39 is 27.8 Å². The van der Waals surface area contributed by atoms with E-state index in [4.69, 9.17) is 12.6 Å². The van der Waals surface area contributed by atoms with Crippen molar-refractivity contribution < 1.29 is 22.7 Å². The van der Waals surface area contributed by atoms with E-state index in [9.17, 15) is 22.8 Å². The van der Waals surface area contributed by atoms with E-state index in [0.717, 1.165) is 19.3 Å². The van der Waals surface area contributed by atoms with Crippen LogP contribution < -0.4 is 25.7 Å². The van der Waals surface area contributed by atoms with Crippen LogP contribution >= 0.6 is 0 Å². The summed E-state index contributed by atoms with van der Waals surface area (Å²) in [6, 6.07) is 13.5. The Morgan fingerprint density at radius 2 is 1.78 bits per heavy atom. The number of rotatable bonds is 13. The SMILES string of the molecule is [B]C(=O)NCCCCCOc1ccn2c(=O)cc(C(=O)NCC(C)NS(=O)(=O)c3ccccc3)cc2c1. The van der Waals surface area contributed by atoms with Gasteiger partial charge in [0.1, 0.15) is 5.75 Å². The van der Waals surface area contributed by atoms with E-state index >= 15 is 0 Å². The number of ether oxygens (including phenoxy) is 1. The van der Waals surface area contributed by atoms with Crippen LogP contribution in [0.5, 0.6) is 5.75 Å². The zero-order chi connectivity index (χ0) is 26.8. The van der Waals surface area contributed by atoms with Gasteiger partial charge in [-0.25, -0.2) is 13.1 Å². The van der Waals surface area contributed by atoms with Gasteiger partial charge in [-0.15, -0.1) is 0 Å². The van der Waals surface area contributed by atoms with Crippen molar-refractivity contribution in [2.45, 2.75) is 37.1 Å². The third kappa shape index (κ3) is 8.47. The fourth-order valence-electron chi connectivity index (χ4n) is 3.56. The molecule has 2 radical (unpaired) electrons. The van der Waals surface area contributed by atoms with Crippen LogP contribution in [0.2, 0.25) is 0 Å². The topological polar surface area (TPSA) is 135 Å². The van der Waals surface area contributed by atoms with Crippen LogP contribution in [0.15, 0.2) is 70.5 Å². The molecule has 1 aromatic carbocycles. The number of pyridine rings is 2. The first-order chi connectivity index (χ1) is 17.7. The van der Waals surface area contributed by atoms with Gasteiger partial charge in [0.25, 0.3) is 11.5 Å². The number of carbonyl (C=O) groups is 2. The van der Waals surface area contributed by atoms with Crippen LogP contribution in [0, 0.1) is 0 Å². The summed E-state index contributed by atoms with van der Waals surface area (Å²) < 4.78 is 34.6. The molecule has 0 aliphatic carbocycles. The van der Waals surface area contributed by atoms with Gasteiger partial charge >= 0.3 is 0 Å². The highest BCUT2D eigenvalue weighted by atomic mass is 32.2. The van der Waals surface area contributed by atoms with Crippen LogP contribution in [0.1, 0.15) is 36.5 Å². The highest BCUT2D eigenvalue weighted by Crippen LogP contribution is 2.15. The van der Waals surface area contributed by atoms with Crippen molar-refractivity contribution in [1.82, 2.24) is 19.8 Å². The molecule has 194 valence electrons. The molecular weight excluding hydrogens is 495 g/mol. The molecule has 12 heteroatoms. The van der Waals surface area contributed by atoms with Crippen molar-refractivity contribution in [3.8, 4) is 5.75 Å². The number of aromatic nitrogens is 1. The summed E-state index contributed by atoms with van der Waals surface area (Å²) in [6.07, 6.45) is 3.97. The highest BCUT2D eigenvalue weighted by molar-refractivity contribution is 7.89. The van der Waals surface area contributed by atoms with Crippen molar-refractivity contribution in [1.29, 1.82) is 0 Å². The van der Waals surface area contributed by atoms with Crippen molar-refractivity contribution in [3.05, 3.63) is 76.7 Å². The number of unbranched alkanes of at least 4 members (excludes halogenated alkanes) is 2. The summed E-state index contributed by atoms with van der Waals surface area (Å²) in [7, 11) is 1.30. The van der Waals surface area contributed by atoms with Crippen molar-refractivity contribution >= 4 is 35.1 Å². The minimum Gasteiger partial charge on any atom is -0.493 e. The van der Waals surface area contributed by atoms with E-state index in [-0.39, 0.29) is 22.6 Å². The Kier molecular flexibility index (Phi) is 9.87. The molecular formula is C25H29BN4O6S. The summed E-state index contributed by atoms with van der Waals surface area (Å²) in [6.45, 7) is 2.63. The molecule has 0 saturated heterocycles. The second-order valence-electron chi connectivity index (χ2n) is 8.49. The van der Waals surface area contributed by atoms with E-state index in [2.05, 4.69) is 15.4 Å². The number of amides is 2. The molecule has 10 nitrogen and oxygen atoms in total. The Morgan fingerprint density at radius 3 is 2.51 bits per heavy atom. The van der Waals surface area contributed by atoms with E-state index in [0.29, 0.717) is 24.4 Å². The summed E-state index contributed by atoms with van der Waals surface area (Å²) >= 11 is 0. The lowest BCUT2D eigenvalue weighted by Gasteiger charge is -2.15. The first-order valence-electron chi connectivity index (χ1n) is 11.8. The van der Waals surface area contributed by atoms with Crippen LogP contribution in [0.4, 0.5) is 4.79 Å². The molecule has 1 unspecified atom stereocenters. The van der Waals surface area contributed by atoms with Crippen molar-refractivity contribution in [3.63, 3.8) is 0 Å². The molecule has 0 aliphatic rings. The van der Waals surface area contributed by atoms with Crippen molar-refractivity contribution in [2.75, 3.05) is 19.7 Å². The third-order valence-corrected chi connectivity index (χ3v) is 7.01. The maximum atomic E-state index is 12.7. The number of carbonyl (C=O) groups excluding carboxylic acids is 2. The lowest BCUT2D eigenvalue weighted by Crippen LogP contribution is -2.41. The molecule has 2 aromatic heterocycles. The van der Waals surface area contributed by atoms with Gasteiger partial charge in [-0.1, -0.05) is 18.2 Å². The maximum absolute atomic E-state index is 12.7. The average Bonchev–Trinajstić information content (AvgIpc) is 2.86. The lowest BCUT2D eigenvalue weighted by atomic mass is 10.1. The quantitative estimate of drug-likeness (QED) is 0.231. The Hall–Kier alpha value is -3.64. The second-order valence-corrected chi connectivity index (χ2v) is 10.2. The van der Waals surface area contributed by atoms with E-state index in [1.807, 2.05) is 0 Å². The minimum absolute atomic E-state index is 0.0301. The van der Waals surface area contributed by atoms with E-state index in [1.54, 1.807) is 49.5 Å². The summed E-state index contributed by atoms with van der Waals surface area (Å²) in [5.74, 6) is -0.490. The number of hydrogen-bond acceptors (Lipinski definition) is 6. The molecule has 2 amide bonds. The number of nitrogens with one attached hydrogen (secondary N) is 3. The predicted molar refractivity (Wildman–Crippen MR) is 141 cm³/mol. The summed E-state index contributed by atoms with van der Waals surface area (Å²) in [5.41, 5.74) is 0.259. The number of sulfonamides is 1. The molecule has 0 saturated carbocycles. The van der Waals surface area contributed by atoms with Gasteiger partial charge in [0.15, 0.2) is 13.7 Å².